The molecule has 54 heavy (non-hydrogen) atoms. The molecule has 0 unspecified atom stereocenters. The summed E-state index contributed by atoms with van der Waals surface area (Å²) in [6.07, 6.45) is 0. The summed E-state index contributed by atoms with van der Waals surface area (Å²) in [5.41, 5.74) is 9.80. The molecule has 0 spiro atoms. The fraction of sp³-hybridized carbons (Fsp3) is 0. The average molecular weight is 688 g/mol. The first-order chi connectivity index (χ1) is 26.7. The molecule has 0 radical (unpaired) electrons. The number of hydrogen-bond donors (Lipinski definition) is 0. The van der Waals surface area contributed by atoms with Crippen molar-refractivity contribution in [3.63, 3.8) is 0 Å². The first-order valence-electron chi connectivity index (χ1n) is 18.3. The standard InChI is InChI=1S/C51H33N3/c1-2-10-34(11-3-1)36-18-25-39(26-19-36)49-52-50(40-27-20-37(21-28-40)43-31-22-35-12-4-5-13-42(35)32-43)54-51(53-49)41-29-23-38(24-30-41)48-33-44-14-6-7-15-45(44)46-16-8-9-17-47(46)48/h1-33H. The molecule has 0 fully saturated rings. The monoisotopic (exact) mass is 687 g/mol. The van der Waals surface area contributed by atoms with E-state index in [0.717, 1.165) is 33.4 Å². The van der Waals surface area contributed by atoms with Gasteiger partial charge in [0.1, 0.15) is 0 Å². The van der Waals surface area contributed by atoms with Crippen LogP contribution in [0, 0.1) is 0 Å². The summed E-state index contributed by atoms with van der Waals surface area (Å²) < 4.78 is 0. The van der Waals surface area contributed by atoms with Crippen molar-refractivity contribution >= 4 is 32.3 Å². The molecule has 252 valence electrons. The molecule has 0 atom stereocenters. The molecule has 1 heterocycles. The van der Waals surface area contributed by atoms with Crippen LogP contribution in [-0.4, -0.2) is 15.0 Å². The Kier molecular flexibility index (Phi) is 7.81. The van der Waals surface area contributed by atoms with E-state index in [1.807, 2.05) is 6.07 Å². The summed E-state index contributed by atoms with van der Waals surface area (Å²) in [7, 11) is 0. The minimum Gasteiger partial charge on any atom is -0.208 e. The Bertz CT molecular complexity index is 2950. The predicted octanol–water partition coefficient (Wildman–Crippen LogP) is 13.3. The Hall–Kier alpha value is -7.23. The lowest BCUT2D eigenvalue weighted by Gasteiger charge is -2.12. The first kappa shape index (κ1) is 31.5. The van der Waals surface area contributed by atoms with Gasteiger partial charge in [0.25, 0.3) is 0 Å². The zero-order valence-electron chi connectivity index (χ0n) is 29.4. The molecule has 0 N–H and O–H groups in total. The highest BCUT2D eigenvalue weighted by Gasteiger charge is 2.15. The quantitative estimate of drug-likeness (QED) is 0.163. The Balaban J connectivity index is 1.05. The van der Waals surface area contributed by atoms with Gasteiger partial charge in [0.2, 0.25) is 0 Å². The van der Waals surface area contributed by atoms with Gasteiger partial charge in [0.05, 0.1) is 0 Å². The molecule has 0 aliphatic heterocycles. The summed E-state index contributed by atoms with van der Waals surface area (Å²) in [6, 6.07) is 70.6. The molecule has 0 aliphatic rings. The number of aromatic nitrogens is 3. The molecule has 0 saturated carbocycles. The molecule has 10 rings (SSSR count). The minimum absolute atomic E-state index is 0.635. The van der Waals surface area contributed by atoms with E-state index in [1.54, 1.807) is 0 Å². The number of rotatable bonds is 6. The van der Waals surface area contributed by atoms with Crippen molar-refractivity contribution in [2.75, 3.05) is 0 Å². The molecule has 0 saturated heterocycles. The van der Waals surface area contributed by atoms with Crippen molar-refractivity contribution in [3.05, 3.63) is 200 Å². The molecule has 1 aromatic heterocycles. The molecule has 0 aliphatic carbocycles. The highest BCUT2D eigenvalue weighted by molar-refractivity contribution is 6.13. The van der Waals surface area contributed by atoms with Crippen molar-refractivity contribution in [1.29, 1.82) is 0 Å². The molecular weight excluding hydrogens is 655 g/mol. The fourth-order valence-corrected chi connectivity index (χ4v) is 7.48. The van der Waals surface area contributed by atoms with Gasteiger partial charge in [-0.25, -0.2) is 15.0 Å². The second kappa shape index (κ2) is 13.4. The number of benzene rings is 9. The second-order valence-electron chi connectivity index (χ2n) is 13.7. The van der Waals surface area contributed by atoms with Gasteiger partial charge >= 0.3 is 0 Å². The van der Waals surface area contributed by atoms with Gasteiger partial charge in [-0.3, -0.25) is 0 Å². The van der Waals surface area contributed by atoms with Crippen LogP contribution >= 0.6 is 0 Å². The van der Waals surface area contributed by atoms with E-state index in [0.29, 0.717) is 17.5 Å². The van der Waals surface area contributed by atoms with Crippen molar-refractivity contribution in [2.24, 2.45) is 0 Å². The lowest BCUT2D eigenvalue weighted by molar-refractivity contribution is 1.07. The molecule has 0 bridgehead atoms. The molecular formula is C51H33N3. The normalized spacial score (nSPS) is 11.3. The zero-order valence-corrected chi connectivity index (χ0v) is 29.4. The molecule has 3 nitrogen and oxygen atoms in total. The Morgan fingerprint density at radius 1 is 0.222 bits per heavy atom. The largest absolute Gasteiger partial charge is 0.208 e. The third kappa shape index (κ3) is 5.88. The van der Waals surface area contributed by atoms with E-state index >= 15 is 0 Å². The van der Waals surface area contributed by atoms with E-state index in [4.69, 9.17) is 15.0 Å². The van der Waals surface area contributed by atoms with Crippen LogP contribution in [0.1, 0.15) is 0 Å². The van der Waals surface area contributed by atoms with Crippen LogP contribution in [0.3, 0.4) is 0 Å². The van der Waals surface area contributed by atoms with Crippen LogP contribution in [0.2, 0.25) is 0 Å². The van der Waals surface area contributed by atoms with Crippen LogP contribution in [0.4, 0.5) is 0 Å². The van der Waals surface area contributed by atoms with E-state index in [-0.39, 0.29) is 0 Å². The third-order valence-corrected chi connectivity index (χ3v) is 10.3. The number of fused-ring (bicyclic) bond motifs is 4. The van der Waals surface area contributed by atoms with E-state index in [1.165, 1.54) is 49.0 Å². The maximum absolute atomic E-state index is 5.08. The Morgan fingerprint density at radius 2 is 0.630 bits per heavy atom. The number of hydrogen-bond acceptors (Lipinski definition) is 3. The third-order valence-electron chi connectivity index (χ3n) is 10.3. The summed E-state index contributed by atoms with van der Waals surface area (Å²) >= 11 is 0. The molecule has 9 aromatic carbocycles. The summed E-state index contributed by atoms with van der Waals surface area (Å²) in [5.74, 6) is 1.91. The van der Waals surface area contributed by atoms with Gasteiger partial charge in [-0.2, -0.15) is 0 Å². The van der Waals surface area contributed by atoms with Gasteiger partial charge in [0, 0.05) is 16.7 Å². The van der Waals surface area contributed by atoms with Crippen LogP contribution < -0.4 is 0 Å². The maximum Gasteiger partial charge on any atom is 0.164 e. The highest BCUT2D eigenvalue weighted by atomic mass is 15.0. The first-order valence-corrected chi connectivity index (χ1v) is 18.3. The average Bonchev–Trinajstić information content (AvgIpc) is 3.26. The molecule has 10 aromatic rings. The summed E-state index contributed by atoms with van der Waals surface area (Å²) in [4.78, 5) is 15.2. The van der Waals surface area contributed by atoms with Gasteiger partial charge in [-0.05, 0) is 77.8 Å². The summed E-state index contributed by atoms with van der Waals surface area (Å²) in [6.45, 7) is 0. The summed E-state index contributed by atoms with van der Waals surface area (Å²) in [5, 5.41) is 7.45. The molecule has 0 amide bonds. The van der Waals surface area contributed by atoms with Crippen molar-refractivity contribution in [3.8, 4) is 67.5 Å². The van der Waals surface area contributed by atoms with Gasteiger partial charge in [-0.15, -0.1) is 0 Å². The maximum atomic E-state index is 5.08. The van der Waals surface area contributed by atoms with E-state index < -0.39 is 0 Å². The smallest absolute Gasteiger partial charge is 0.164 e. The SMILES string of the molecule is c1ccc(-c2ccc(-c3nc(-c4ccc(-c5ccc6ccccc6c5)cc4)nc(-c4ccc(-c5cc6ccccc6c6ccccc56)cc4)n3)cc2)cc1. The van der Waals surface area contributed by atoms with Gasteiger partial charge < -0.3 is 0 Å². The number of nitrogens with zero attached hydrogens (tertiary/aromatic N) is 3. The Morgan fingerprint density at radius 3 is 1.24 bits per heavy atom. The van der Waals surface area contributed by atoms with Crippen LogP contribution in [0.15, 0.2) is 200 Å². The lowest BCUT2D eigenvalue weighted by atomic mass is 9.93. The fourth-order valence-electron chi connectivity index (χ4n) is 7.48. The van der Waals surface area contributed by atoms with Crippen molar-refractivity contribution < 1.29 is 0 Å². The minimum atomic E-state index is 0.635. The lowest BCUT2D eigenvalue weighted by Crippen LogP contribution is -2.00. The van der Waals surface area contributed by atoms with Crippen LogP contribution in [0.25, 0.3) is 99.9 Å². The van der Waals surface area contributed by atoms with E-state index in [2.05, 4.69) is 194 Å². The van der Waals surface area contributed by atoms with Gasteiger partial charge in [0.15, 0.2) is 17.5 Å². The van der Waals surface area contributed by atoms with Crippen LogP contribution in [0.5, 0.6) is 0 Å². The highest BCUT2D eigenvalue weighted by Crippen LogP contribution is 2.36. The second-order valence-corrected chi connectivity index (χ2v) is 13.7. The van der Waals surface area contributed by atoms with Crippen molar-refractivity contribution in [2.45, 2.75) is 0 Å². The van der Waals surface area contributed by atoms with Gasteiger partial charge in [-0.1, -0.05) is 188 Å². The zero-order chi connectivity index (χ0) is 35.8. The molecule has 3 heteroatoms. The Labute approximate surface area is 313 Å². The van der Waals surface area contributed by atoms with Crippen LogP contribution in [-0.2, 0) is 0 Å². The van der Waals surface area contributed by atoms with Crippen molar-refractivity contribution in [1.82, 2.24) is 15.0 Å². The topological polar surface area (TPSA) is 38.7 Å². The van der Waals surface area contributed by atoms with E-state index in [9.17, 15) is 0 Å². The predicted molar refractivity (Wildman–Crippen MR) is 225 cm³/mol.